The van der Waals surface area contributed by atoms with Crippen molar-refractivity contribution >= 4 is 22.4 Å². The topological polar surface area (TPSA) is 29.5 Å². The van der Waals surface area contributed by atoms with Gasteiger partial charge in [-0.25, -0.2) is 0 Å². The third kappa shape index (κ3) is 3.50. The van der Waals surface area contributed by atoms with Crippen LogP contribution in [0.15, 0.2) is 66.7 Å². The number of carbonyl (C=O) groups excluding carboxylic acids is 1. The van der Waals surface area contributed by atoms with Gasteiger partial charge in [0.25, 0.3) is 0 Å². The molecule has 1 aliphatic rings. The first kappa shape index (κ1) is 15.7. The molecule has 0 aromatic heterocycles. The number of benzene rings is 3. The van der Waals surface area contributed by atoms with Crippen molar-refractivity contribution in [1.29, 1.82) is 0 Å². The number of rotatable bonds is 3. The van der Waals surface area contributed by atoms with Crippen LogP contribution < -0.4 is 9.64 Å². The number of nitrogens with zero attached hydrogens (tertiary/aromatic N) is 1. The van der Waals surface area contributed by atoms with E-state index in [2.05, 4.69) is 18.2 Å². The minimum Gasteiger partial charge on any atom is -0.457 e. The Morgan fingerprint density at radius 3 is 2.36 bits per heavy atom. The first-order valence-corrected chi connectivity index (χ1v) is 8.87. The van der Waals surface area contributed by atoms with Gasteiger partial charge in [-0.2, -0.15) is 0 Å². The molecule has 3 aromatic carbocycles. The Kier molecular flexibility index (Phi) is 4.38. The van der Waals surface area contributed by atoms with Gasteiger partial charge in [0.15, 0.2) is 0 Å². The van der Waals surface area contributed by atoms with Crippen LogP contribution in [0.3, 0.4) is 0 Å². The second-order valence-corrected chi connectivity index (χ2v) is 6.46. The minimum atomic E-state index is 0.223. The molecule has 0 atom stereocenters. The SMILES string of the molecule is O=C1CCCCCN1c1ccc(Oc2ccc3ccccc3c2)cc1. The number of carbonyl (C=O) groups is 1. The summed E-state index contributed by atoms with van der Waals surface area (Å²) in [6.45, 7) is 0.809. The molecular weight excluding hydrogens is 310 g/mol. The third-order valence-electron chi connectivity index (χ3n) is 4.68. The molecule has 3 nitrogen and oxygen atoms in total. The lowest BCUT2D eigenvalue weighted by Crippen LogP contribution is -2.29. The molecule has 0 N–H and O–H groups in total. The molecule has 1 amide bonds. The molecule has 126 valence electrons. The monoisotopic (exact) mass is 331 g/mol. The van der Waals surface area contributed by atoms with Crippen LogP contribution in [0.2, 0.25) is 0 Å². The molecule has 0 spiro atoms. The Labute approximate surface area is 147 Å². The van der Waals surface area contributed by atoms with Crippen molar-refractivity contribution in [2.75, 3.05) is 11.4 Å². The average molecular weight is 331 g/mol. The van der Waals surface area contributed by atoms with Crippen molar-refractivity contribution < 1.29 is 9.53 Å². The maximum atomic E-state index is 12.2. The first-order valence-electron chi connectivity index (χ1n) is 8.87. The van der Waals surface area contributed by atoms with Crippen LogP contribution in [0.1, 0.15) is 25.7 Å². The molecule has 3 aromatic rings. The number of ether oxygens (including phenoxy) is 1. The van der Waals surface area contributed by atoms with Crippen LogP contribution in [0.5, 0.6) is 11.5 Å². The average Bonchev–Trinajstić information content (AvgIpc) is 2.87. The summed E-state index contributed by atoms with van der Waals surface area (Å²) in [4.78, 5) is 14.1. The van der Waals surface area contributed by atoms with Gasteiger partial charge in [0.05, 0.1) is 0 Å². The molecule has 3 heteroatoms. The highest BCUT2D eigenvalue weighted by Crippen LogP contribution is 2.28. The van der Waals surface area contributed by atoms with E-state index < -0.39 is 0 Å². The van der Waals surface area contributed by atoms with Gasteiger partial charge in [-0.3, -0.25) is 4.79 Å². The Morgan fingerprint density at radius 1 is 0.760 bits per heavy atom. The Morgan fingerprint density at radius 2 is 1.52 bits per heavy atom. The molecule has 0 unspecified atom stereocenters. The fourth-order valence-electron chi connectivity index (χ4n) is 3.32. The Bertz CT molecular complexity index is 886. The first-order chi connectivity index (χ1) is 12.3. The zero-order valence-corrected chi connectivity index (χ0v) is 14.2. The smallest absolute Gasteiger partial charge is 0.226 e. The number of anilines is 1. The number of fused-ring (bicyclic) bond motifs is 1. The summed E-state index contributed by atoms with van der Waals surface area (Å²) in [6, 6.07) is 22.1. The number of hydrogen-bond acceptors (Lipinski definition) is 2. The fraction of sp³-hybridized carbons (Fsp3) is 0.227. The maximum Gasteiger partial charge on any atom is 0.226 e. The van der Waals surface area contributed by atoms with Crippen LogP contribution in [-0.4, -0.2) is 12.5 Å². The molecule has 1 fully saturated rings. The summed E-state index contributed by atoms with van der Waals surface area (Å²) >= 11 is 0. The quantitative estimate of drug-likeness (QED) is 0.630. The van der Waals surface area contributed by atoms with Gasteiger partial charge >= 0.3 is 0 Å². The predicted octanol–water partition coefficient (Wildman–Crippen LogP) is 5.54. The highest BCUT2D eigenvalue weighted by atomic mass is 16.5. The highest BCUT2D eigenvalue weighted by molar-refractivity contribution is 5.93. The molecule has 0 bridgehead atoms. The van der Waals surface area contributed by atoms with Gasteiger partial charge in [-0.1, -0.05) is 36.8 Å². The summed E-state index contributed by atoms with van der Waals surface area (Å²) in [5.41, 5.74) is 0.956. The zero-order valence-electron chi connectivity index (χ0n) is 14.2. The lowest BCUT2D eigenvalue weighted by atomic mass is 10.1. The lowest BCUT2D eigenvalue weighted by Gasteiger charge is -2.20. The molecule has 0 saturated carbocycles. The van der Waals surface area contributed by atoms with E-state index in [4.69, 9.17) is 4.74 Å². The number of hydrogen-bond donors (Lipinski definition) is 0. The fourth-order valence-corrected chi connectivity index (χ4v) is 3.32. The van der Waals surface area contributed by atoms with E-state index in [1.54, 1.807) is 0 Å². The van der Waals surface area contributed by atoms with Gasteiger partial charge in [0.2, 0.25) is 5.91 Å². The van der Waals surface area contributed by atoms with E-state index in [-0.39, 0.29) is 5.91 Å². The van der Waals surface area contributed by atoms with E-state index >= 15 is 0 Å². The number of amides is 1. The van der Waals surface area contributed by atoms with Crippen molar-refractivity contribution in [2.24, 2.45) is 0 Å². The molecule has 1 heterocycles. The summed E-state index contributed by atoms with van der Waals surface area (Å²) in [5, 5.41) is 2.36. The van der Waals surface area contributed by atoms with Crippen molar-refractivity contribution in [3.05, 3.63) is 66.7 Å². The summed E-state index contributed by atoms with van der Waals surface area (Å²) in [5.74, 6) is 1.82. The van der Waals surface area contributed by atoms with Crippen LogP contribution in [0.25, 0.3) is 10.8 Å². The van der Waals surface area contributed by atoms with Gasteiger partial charge in [0.1, 0.15) is 11.5 Å². The standard InChI is InChI=1S/C22H21NO2/c24-22-8-2-1-5-15-23(22)19-10-13-20(14-11-19)25-21-12-9-17-6-3-4-7-18(17)16-21/h3-4,6-7,9-14,16H,1-2,5,8,15H2. The molecular formula is C22H21NO2. The Balaban J connectivity index is 1.52. The highest BCUT2D eigenvalue weighted by Gasteiger charge is 2.18. The predicted molar refractivity (Wildman–Crippen MR) is 101 cm³/mol. The molecule has 4 rings (SSSR count). The van der Waals surface area contributed by atoms with Crippen LogP contribution >= 0.6 is 0 Å². The van der Waals surface area contributed by atoms with E-state index in [0.29, 0.717) is 6.42 Å². The molecule has 0 radical (unpaired) electrons. The molecule has 0 aliphatic carbocycles. The summed E-state index contributed by atoms with van der Waals surface area (Å²) < 4.78 is 5.98. The van der Waals surface area contributed by atoms with Gasteiger partial charge < -0.3 is 9.64 Å². The lowest BCUT2D eigenvalue weighted by molar-refractivity contribution is -0.118. The van der Waals surface area contributed by atoms with E-state index in [9.17, 15) is 4.79 Å². The van der Waals surface area contributed by atoms with Crippen LogP contribution in [-0.2, 0) is 4.79 Å². The maximum absolute atomic E-state index is 12.2. The normalized spacial score (nSPS) is 15.2. The molecule has 1 saturated heterocycles. The summed E-state index contributed by atoms with van der Waals surface area (Å²) in [6.07, 6.45) is 3.85. The zero-order chi connectivity index (χ0) is 17.1. The molecule has 25 heavy (non-hydrogen) atoms. The Hall–Kier alpha value is -2.81. The van der Waals surface area contributed by atoms with E-state index in [1.165, 1.54) is 5.39 Å². The minimum absolute atomic E-state index is 0.223. The van der Waals surface area contributed by atoms with E-state index in [1.807, 2.05) is 53.4 Å². The van der Waals surface area contributed by atoms with Crippen molar-refractivity contribution in [2.45, 2.75) is 25.7 Å². The van der Waals surface area contributed by atoms with Gasteiger partial charge in [-0.15, -0.1) is 0 Å². The van der Waals surface area contributed by atoms with E-state index in [0.717, 1.165) is 48.4 Å². The van der Waals surface area contributed by atoms with Crippen LogP contribution in [0, 0.1) is 0 Å². The van der Waals surface area contributed by atoms with Crippen molar-refractivity contribution in [3.63, 3.8) is 0 Å². The summed E-state index contributed by atoms with van der Waals surface area (Å²) in [7, 11) is 0. The van der Waals surface area contributed by atoms with Gasteiger partial charge in [0, 0.05) is 18.7 Å². The molecule has 1 aliphatic heterocycles. The van der Waals surface area contributed by atoms with Gasteiger partial charge in [-0.05, 0) is 60.0 Å². The van der Waals surface area contributed by atoms with Crippen molar-refractivity contribution in [3.8, 4) is 11.5 Å². The largest absolute Gasteiger partial charge is 0.457 e. The second kappa shape index (κ2) is 6.98. The van der Waals surface area contributed by atoms with Crippen LogP contribution in [0.4, 0.5) is 5.69 Å². The second-order valence-electron chi connectivity index (χ2n) is 6.46. The van der Waals surface area contributed by atoms with Crippen molar-refractivity contribution in [1.82, 2.24) is 0 Å². The third-order valence-corrected chi connectivity index (χ3v) is 4.68.